The molecule has 0 spiro atoms. The molecule has 0 bridgehead atoms. The molecule has 3 heteroatoms. The maximum absolute atomic E-state index is 11.2. The zero-order valence-electron chi connectivity index (χ0n) is 8.17. The molecule has 0 radical (unpaired) electrons. The van der Waals surface area contributed by atoms with Gasteiger partial charge in [-0.05, 0) is 19.3 Å². The molecule has 0 heterocycles. The first kappa shape index (κ1) is 11.4. The number of rotatable bonds is 5. The number of hydrogen-bond donors (Lipinski definition) is 1. The van der Waals surface area contributed by atoms with Crippen molar-refractivity contribution in [2.75, 3.05) is 13.2 Å². The van der Waals surface area contributed by atoms with Crippen LogP contribution < -0.4 is 5.73 Å². The third-order valence-corrected chi connectivity index (χ3v) is 1.66. The highest BCUT2D eigenvalue weighted by atomic mass is 16.5. The van der Waals surface area contributed by atoms with E-state index in [9.17, 15) is 4.79 Å². The van der Waals surface area contributed by atoms with Gasteiger partial charge in [0.2, 0.25) is 0 Å². The molecule has 0 fully saturated rings. The molecule has 0 aromatic heterocycles. The zero-order chi connectivity index (χ0) is 9.56. The van der Waals surface area contributed by atoms with E-state index in [4.69, 9.17) is 10.5 Å². The second-order valence-electron chi connectivity index (χ2n) is 3.31. The molecule has 0 rings (SSSR count). The molecule has 0 aromatic rings. The SMILES string of the molecule is CCOC(=O)[C@@H](CN)CC(C)C. The van der Waals surface area contributed by atoms with Gasteiger partial charge < -0.3 is 10.5 Å². The highest BCUT2D eigenvalue weighted by Crippen LogP contribution is 2.11. The summed E-state index contributed by atoms with van der Waals surface area (Å²) in [6, 6.07) is 0. The van der Waals surface area contributed by atoms with Crippen LogP contribution in [0.2, 0.25) is 0 Å². The number of esters is 1. The second kappa shape index (κ2) is 6.00. The van der Waals surface area contributed by atoms with Crippen LogP contribution in [-0.2, 0) is 9.53 Å². The monoisotopic (exact) mass is 173 g/mol. The molecule has 0 aliphatic carbocycles. The number of nitrogens with two attached hydrogens (primary N) is 1. The van der Waals surface area contributed by atoms with Crippen molar-refractivity contribution in [3.63, 3.8) is 0 Å². The summed E-state index contributed by atoms with van der Waals surface area (Å²) in [6.07, 6.45) is 0.815. The Kier molecular flexibility index (Phi) is 5.72. The van der Waals surface area contributed by atoms with Crippen LogP contribution in [0.4, 0.5) is 0 Å². The van der Waals surface area contributed by atoms with E-state index in [1.165, 1.54) is 0 Å². The van der Waals surface area contributed by atoms with E-state index >= 15 is 0 Å². The maximum Gasteiger partial charge on any atom is 0.310 e. The maximum atomic E-state index is 11.2. The summed E-state index contributed by atoms with van der Waals surface area (Å²) in [7, 11) is 0. The lowest BCUT2D eigenvalue weighted by atomic mass is 9.97. The molecule has 3 nitrogen and oxygen atoms in total. The van der Waals surface area contributed by atoms with Gasteiger partial charge in [-0.25, -0.2) is 0 Å². The topological polar surface area (TPSA) is 52.3 Å². The molecule has 0 aliphatic heterocycles. The Morgan fingerprint density at radius 2 is 2.08 bits per heavy atom. The van der Waals surface area contributed by atoms with Crippen molar-refractivity contribution in [2.24, 2.45) is 17.6 Å². The standard InChI is InChI=1S/C9H19NO2/c1-4-12-9(11)8(6-10)5-7(2)3/h7-8H,4-6,10H2,1-3H3/t8-/m1/s1. The van der Waals surface area contributed by atoms with Gasteiger partial charge in [0.15, 0.2) is 0 Å². The van der Waals surface area contributed by atoms with Gasteiger partial charge in [-0.3, -0.25) is 4.79 Å². The Morgan fingerprint density at radius 3 is 2.42 bits per heavy atom. The molecule has 72 valence electrons. The fourth-order valence-corrected chi connectivity index (χ4v) is 1.12. The molecule has 12 heavy (non-hydrogen) atoms. The van der Waals surface area contributed by atoms with Crippen molar-refractivity contribution in [2.45, 2.75) is 27.2 Å². The van der Waals surface area contributed by atoms with E-state index in [0.29, 0.717) is 19.1 Å². The fourth-order valence-electron chi connectivity index (χ4n) is 1.12. The third kappa shape index (κ3) is 4.34. The lowest BCUT2D eigenvalue weighted by Crippen LogP contribution is -2.27. The van der Waals surface area contributed by atoms with E-state index in [1.807, 2.05) is 0 Å². The minimum atomic E-state index is -0.159. The summed E-state index contributed by atoms with van der Waals surface area (Å²) in [5, 5.41) is 0. The average Bonchev–Trinajstić information content (AvgIpc) is 2.00. The van der Waals surface area contributed by atoms with E-state index in [-0.39, 0.29) is 11.9 Å². The summed E-state index contributed by atoms with van der Waals surface area (Å²) < 4.78 is 4.88. The molecule has 0 saturated heterocycles. The van der Waals surface area contributed by atoms with Gasteiger partial charge in [-0.2, -0.15) is 0 Å². The molecule has 0 amide bonds. The van der Waals surface area contributed by atoms with Gasteiger partial charge in [-0.1, -0.05) is 13.8 Å². The molecule has 2 N–H and O–H groups in total. The fraction of sp³-hybridized carbons (Fsp3) is 0.889. The lowest BCUT2D eigenvalue weighted by Gasteiger charge is -2.14. The van der Waals surface area contributed by atoms with Gasteiger partial charge in [-0.15, -0.1) is 0 Å². The Bertz CT molecular complexity index is 134. The van der Waals surface area contributed by atoms with E-state index in [1.54, 1.807) is 6.92 Å². The Balaban J connectivity index is 3.87. The number of hydrogen-bond acceptors (Lipinski definition) is 3. The van der Waals surface area contributed by atoms with Crippen LogP contribution in [0.25, 0.3) is 0 Å². The molecule has 0 aliphatic rings. The van der Waals surface area contributed by atoms with Gasteiger partial charge in [0.25, 0.3) is 0 Å². The largest absolute Gasteiger partial charge is 0.466 e. The lowest BCUT2D eigenvalue weighted by molar-refractivity contribution is -0.148. The highest BCUT2D eigenvalue weighted by molar-refractivity contribution is 5.72. The summed E-state index contributed by atoms with van der Waals surface area (Å²) >= 11 is 0. The highest BCUT2D eigenvalue weighted by Gasteiger charge is 2.18. The molecular formula is C9H19NO2. The Labute approximate surface area is 74.3 Å². The Hall–Kier alpha value is -0.570. The van der Waals surface area contributed by atoms with Gasteiger partial charge in [0.05, 0.1) is 12.5 Å². The van der Waals surface area contributed by atoms with Gasteiger partial charge >= 0.3 is 5.97 Å². The van der Waals surface area contributed by atoms with Crippen LogP contribution >= 0.6 is 0 Å². The predicted molar refractivity (Wildman–Crippen MR) is 48.6 cm³/mol. The molecule has 0 unspecified atom stereocenters. The average molecular weight is 173 g/mol. The summed E-state index contributed by atoms with van der Waals surface area (Å²) in [6.45, 7) is 6.77. The van der Waals surface area contributed by atoms with Crippen LogP contribution in [0, 0.1) is 11.8 Å². The Morgan fingerprint density at radius 1 is 1.50 bits per heavy atom. The van der Waals surface area contributed by atoms with Crippen LogP contribution in [0.3, 0.4) is 0 Å². The first-order valence-corrected chi connectivity index (χ1v) is 4.48. The van der Waals surface area contributed by atoms with Crippen molar-refractivity contribution in [3.8, 4) is 0 Å². The van der Waals surface area contributed by atoms with Crippen molar-refractivity contribution < 1.29 is 9.53 Å². The molecule has 0 aromatic carbocycles. The quantitative estimate of drug-likeness (QED) is 0.635. The van der Waals surface area contributed by atoms with Crippen molar-refractivity contribution >= 4 is 5.97 Å². The second-order valence-corrected chi connectivity index (χ2v) is 3.31. The number of carbonyl (C=O) groups is 1. The minimum absolute atomic E-state index is 0.120. The van der Waals surface area contributed by atoms with E-state index in [2.05, 4.69) is 13.8 Å². The summed E-state index contributed by atoms with van der Waals surface area (Å²) in [5.41, 5.74) is 5.45. The first-order valence-electron chi connectivity index (χ1n) is 4.48. The predicted octanol–water partition coefficient (Wildman–Crippen LogP) is 1.17. The molecule has 0 saturated carbocycles. The van der Waals surface area contributed by atoms with Crippen LogP contribution in [-0.4, -0.2) is 19.1 Å². The van der Waals surface area contributed by atoms with Crippen molar-refractivity contribution in [1.29, 1.82) is 0 Å². The van der Waals surface area contributed by atoms with E-state index < -0.39 is 0 Å². The first-order chi connectivity index (χ1) is 5.61. The normalized spacial score (nSPS) is 13.1. The number of carbonyl (C=O) groups excluding carboxylic acids is 1. The van der Waals surface area contributed by atoms with Crippen LogP contribution in [0.5, 0.6) is 0 Å². The minimum Gasteiger partial charge on any atom is -0.466 e. The summed E-state index contributed by atoms with van der Waals surface area (Å²) in [4.78, 5) is 11.2. The van der Waals surface area contributed by atoms with Gasteiger partial charge in [0.1, 0.15) is 0 Å². The molecule has 1 atom stereocenters. The molecular weight excluding hydrogens is 154 g/mol. The number of ether oxygens (including phenoxy) is 1. The van der Waals surface area contributed by atoms with Crippen LogP contribution in [0.15, 0.2) is 0 Å². The smallest absolute Gasteiger partial charge is 0.310 e. The van der Waals surface area contributed by atoms with Crippen LogP contribution in [0.1, 0.15) is 27.2 Å². The summed E-state index contributed by atoms with van der Waals surface area (Å²) in [5.74, 6) is 0.210. The zero-order valence-corrected chi connectivity index (χ0v) is 8.17. The van der Waals surface area contributed by atoms with Gasteiger partial charge in [0, 0.05) is 6.54 Å². The third-order valence-electron chi connectivity index (χ3n) is 1.66. The van der Waals surface area contributed by atoms with Crippen molar-refractivity contribution in [1.82, 2.24) is 0 Å². The van der Waals surface area contributed by atoms with E-state index in [0.717, 1.165) is 6.42 Å². The van der Waals surface area contributed by atoms with Crippen molar-refractivity contribution in [3.05, 3.63) is 0 Å².